The standard InChI is InChI=1S/C16H15N3/c1-11-15-9-8-14(10-16(15)18-12(2)17-11)19-13-6-4-3-5-7-13/h3-10,19H,1-2H3. The Balaban J connectivity index is 2.02. The second-order valence-corrected chi connectivity index (χ2v) is 4.58. The van der Waals surface area contributed by atoms with Crippen molar-refractivity contribution in [1.82, 2.24) is 9.97 Å². The molecule has 0 radical (unpaired) electrons. The molecule has 0 aliphatic rings. The van der Waals surface area contributed by atoms with Gasteiger partial charge < -0.3 is 5.32 Å². The Morgan fingerprint density at radius 1 is 0.842 bits per heavy atom. The van der Waals surface area contributed by atoms with Crippen molar-refractivity contribution in [3.8, 4) is 0 Å². The van der Waals surface area contributed by atoms with Gasteiger partial charge in [-0.25, -0.2) is 9.97 Å². The lowest BCUT2D eigenvalue weighted by Gasteiger charge is -2.08. The average molecular weight is 249 g/mol. The van der Waals surface area contributed by atoms with Crippen LogP contribution in [0.25, 0.3) is 10.9 Å². The summed E-state index contributed by atoms with van der Waals surface area (Å²) in [7, 11) is 0. The van der Waals surface area contributed by atoms with Gasteiger partial charge in [-0.15, -0.1) is 0 Å². The molecule has 1 aromatic heterocycles. The largest absolute Gasteiger partial charge is 0.355 e. The first-order valence-corrected chi connectivity index (χ1v) is 6.29. The third kappa shape index (κ3) is 2.40. The molecule has 0 atom stereocenters. The molecule has 1 heterocycles. The Hall–Kier alpha value is -2.42. The highest BCUT2D eigenvalue weighted by atomic mass is 14.9. The van der Waals surface area contributed by atoms with Crippen LogP contribution < -0.4 is 5.32 Å². The van der Waals surface area contributed by atoms with Crippen molar-refractivity contribution in [2.24, 2.45) is 0 Å². The van der Waals surface area contributed by atoms with Gasteiger partial charge >= 0.3 is 0 Å². The molecule has 3 heteroatoms. The highest BCUT2D eigenvalue weighted by Gasteiger charge is 2.03. The maximum Gasteiger partial charge on any atom is 0.126 e. The number of rotatable bonds is 2. The van der Waals surface area contributed by atoms with Gasteiger partial charge in [0.05, 0.1) is 5.52 Å². The van der Waals surface area contributed by atoms with Crippen LogP contribution in [0.4, 0.5) is 11.4 Å². The van der Waals surface area contributed by atoms with Crippen LogP contribution in [-0.2, 0) is 0 Å². The number of hydrogen-bond donors (Lipinski definition) is 1. The summed E-state index contributed by atoms with van der Waals surface area (Å²) in [5, 5.41) is 4.48. The molecule has 0 aliphatic heterocycles. The molecule has 0 amide bonds. The summed E-state index contributed by atoms with van der Waals surface area (Å²) in [4.78, 5) is 8.87. The number of nitrogens with one attached hydrogen (secondary N) is 1. The Morgan fingerprint density at radius 3 is 2.42 bits per heavy atom. The summed E-state index contributed by atoms with van der Waals surface area (Å²) in [5.74, 6) is 0.807. The quantitative estimate of drug-likeness (QED) is 0.746. The molecule has 3 aromatic rings. The highest BCUT2D eigenvalue weighted by molar-refractivity contribution is 5.84. The molecule has 0 spiro atoms. The van der Waals surface area contributed by atoms with Gasteiger partial charge in [0.25, 0.3) is 0 Å². The van der Waals surface area contributed by atoms with E-state index in [4.69, 9.17) is 0 Å². The minimum absolute atomic E-state index is 0.807. The van der Waals surface area contributed by atoms with Crippen LogP contribution >= 0.6 is 0 Å². The number of benzene rings is 2. The second-order valence-electron chi connectivity index (χ2n) is 4.58. The maximum atomic E-state index is 4.49. The predicted molar refractivity (Wildman–Crippen MR) is 78.7 cm³/mol. The number of fused-ring (bicyclic) bond motifs is 1. The SMILES string of the molecule is Cc1nc(C)c2ccc(Nc3ccccc3)cc2n1. The number of nitrogens with zero attached hydrogens (tertiary/aromatic N) is 2. The van der Waals surface area contributed by atoms with Crippen LogP contribution in [0.1, 0.15) is 11.5 Å². The minimum atomic E-state index is 0.807. The van der Waals surface area contributed by atoms with Crippen molar-refractivity contribution < 1.29 is 0 Å². The lowest BCUT2D eigenvalue weighted by Crippen LogP contribution is -1.95. The summed E-state index contributed by atoms with van der Waals surface area (Å²) in [6.45, 7) is 3.94. The fraction of sp³-hybridized carbons (Fsp3) is 0.125. The van der Waals surface area contributed by atoms with E-state index in [0.29, 0.717) is 0 Å². The van der Waals surface area contributed by atoms with E-state index < -0.39 is 0 Å². The van der Waals surface area contributed by atoms with Gasteiger partial charge in [0.1, 0.15) is 5.82 Å². The monoisotopic (exact) mass is 249 g/mol. The lowest BCUT2D eigenvalue weighted by molar-refractivity contribution is 1.05. The summed E-state index contributed by atoms with van der Waals surface area (Å²) in [5.41, 5.74) is 4.11. The van der Waals surface area contributed by atoms with E-state index in [-0.39, 0.29) is 0 Å². The average Bonchev–Trinajstić information content (AvgIpc) is 2.39. The fourth-order valence-electron chi connectivity index (χ4n) is 2.20. The molecule has 0 aliphatic carbocycles. The van der Waals surface area contributed by atoms with Crippen molar-refractivity contribution in [3.05, 3.63) is 60.0 Å². The normalized spacial score (nSPS) is 10.6. The summed E-state index contributed by atoms with van der Waals surface area (Å²) in [6, 6.07) is 16.3. The van der Waals surface area contributed by atoms with Gasteiger partial charge in [0.15, 0.2) is 0 Å². The Kier molecular flexibility index (Phi) is 2.88. The third-order valence-electron chi connectivity index (χ3n) is 3.06. The van der Waals surface area contributed by atoms with E-state index in [1.54, 1.807) is 0 Å². The molecule has 2 aromatic carbocycles. The number of hydrogen-bond acceptors (Lipinski definition) is 3. The van der Waals surface area contributed by atoms with Gasteiger partial charge in [0.2, 0.25) is 0 Å². The van der Waals surface area contributed by atoms with Crippen molar-refractivity contribution in [2.75, 3.05) is 5.32 Å². The fourth-order valence-corrected chi connectivity index (χ4v) is 2.20. The summed E-state index contributed by atoms with van der Waals surface area (Å²) in [6.07, 6.45) is 0. The van der Waals surface area contributed by atoms with Crippen molar-refractivity contribution in [1.29, 1.82) is 0 Å². The molecule has 0 bridgehead atoms. The smallest absolute Gasteiger partial charge is 0.126 e. The first-order valence-electron chi connectivity index (χ1n) is 6.29. The van der Waals surface area contributed by atoms with E-state index in [9.17, 15) is 0 Å². The predicted octanol–water partition coefficient (Wildman–Crippen LogP) is 3.99. The van der Waals surface area contributed by atoms with Crippen LogP contribution in [-0.4, -0.2) is 9.97 Å². The van der Waals surface area contributed by atoms with E-state index in [2.05, 4.69) is 33.5 Å². The zero-order valence-corrected chi connectivity index (χ0v) is 11.0. The van der Waals surface area contributed by atoms with Gasteiger partial charge in [0, 0.05) is 22.5 Å². The van der Waals surface area contributed by atoms with Gasteiger partial charge in [-0.3, -0.25) is 0 Å². The second kappa shape index (κ2) is 4.69. The van der Waals surface area contributed by atoms with E-state index in [1.807, 2.05) is 44.2 Å². The number of aromatic nitrogens is 2. The summed E-state index contributed by atoms with van der Waals surface area (Å²) >= 11 is 0. The molecule has 1 N–H and O–H groups in total. The highest BCUT2D eigenvalue weighted by Crippen LogP contribution is 2.22. The third-order valence-corrected chi connectivity index (χ3v) is 3.06. The molecular formula is C16H15N3. The molecule has 0 saturated heterocycles. The van der Waals surface area contributed by atoms with E-state index in [0.717, 1.165) is 33.8 Å². The maximum absolute atomic E-state index is 4.49. The molecule has 0 fully saturated rings. The molecule has 3 rings (SSSR count). The minimum Gasteiger partial charge on any atom is -0.355 e. The molecule has 0 saturated carbocycles. The Bertz CT molecular complexity index is 721. The first-order chi connectivity index (χ1) is 9.22. The van der Waals surface area contributed by atoms with E-state index in [1.165, 1.54) is 0 Å². The number of aryl methyl sites for hydroxylation is 2. The van der Waals surface area contributed by atoms with Crippen LogP contribution in [0, 0.1) is 13.8 Å². The topological polar surface area (TPSA) is 37.8 Å². The van der Waals surface area contributed by atoms with Gasteiger partial charge in [-0.05, 0) is 44.2 Å². The van der Waals surface area contributed by atoms with Crippen molar-refractivity contribution >= 4 is 22.3 Å². The zero-order chi connectivity index (χ0) is 13.2. The Labute approximate surface area is 112 Å². The van der Waals surface area contributed by atoms with E-state index >= 15 is 0 Å². The van der Waals surface area contributed by atoms with Gasteiger partial charge in [-0.1, -0.05) is 18.2 Å². The molecule has 94 valence electrons. The zero-order valence-electron chi connectivity index (χ0n) is 11.0. The van der Waals surface area contributed by atoms with Crippen LogP contribution in [0.3, 0.4) is 0 Å². The number of para-hydroxylation sites is 1. The molecule has 3 nitrogen and oxygen atoms in total. The summed E-state index contributed by atoms with van der Waals surface area (Å²) < 4.78 is 0. The van der Waals surface area contributed by atoms with Crippen LogP contribution in [0.5, 0.6) is 0 Å². The van der Waals surface area contributed by atoms with Crippen LogP contribution in [0.15, 0.2) is 48.5 Å². The van der Waals surface area contributed by atoms with Gasteiger partial charge in [-0.2, -0.15) is 0 Å². The van der Waals surface area contributed by atoms with Crippen molar-refractivity contribution in [3.63, 3.8) is 0 Å². The van der Waals surface area contributed by atoms with Crippen LogP contribution in [0.2, 0.25) is 0 Å². The lowest BCUT2D eigenvalue weighted by atomic mass is 10.1. The number of anilines is 2. The first kappa shape index (κ1) is 11.7. The molecule has 19 heavy (non-hydrogen) atoms. The molecular weight excluding hydrogens is 234 g/mol. The van der Waals surface area contributed by atoms with Crippen molar-refractivity contribution in [2.45, 2.75) is 13.8 Å². The Morgan fingerprint density at radius 2 is 1.63 bits per heavy atom. The molecule has 0 unspecified atom stereocenters.